The zero-order chi connectivity index (χ0) is 19.7. The molecule has 144 valence electrons. The molecule has 1 heterocycles. The van der Waals surface area contributed by atoms with Crippen molar-refractivity contribution in [1.82, 2.24) is 0 Å². The van der Waals surface area contributed by atoms with E-state index in [2.05, 4.69) is 5.32 Å². The molecule has 0 saturated heterocycles. The SMILES string of the molecule is O=C(Nc1ccccc1)SC1C2=C(CCCC2)C(=O)N1c1ccc(Cl)cc1F. The first kappa shape index (κ1) is 19.0. The van der Waals surface area contributed by atoms with Gasteiger partial charge in [-0.2, -0.15) is 0 Å². The van der Waals surface area contributed by atoms with E-state index in [0.717, 1.165) is 36.6 Å². The summed E-state index contributed by atoms with van der Waals surface area (Å²) >= 11 is 6.87. The minimum atomic E-state index is -0.574. The number of carbonyl (C=O) groups excluding carboxylic acids is 2. The summed E-state index contributed by atoms with van der Waals surface area (Å²) in [6.45, 7) is 0. The summed E-state index contributed by atoms with van der Waals surface area (Å²) in [5, 5.41) is 2.24. The Morgan fingerprint density at radius 2 is 1.89 bits per heavy atom. The van der Waals surface area contributed by atoms with Gasteiger partial charge < -0.3 is 5.32 Å². The maximum atomic E-state index is 14.6. The highest BCUT2D eigenvalue weighted by Crippen LogP contribution is 2.44. The number of hydrogen-bond acceptors (Lipinski definition) is 3. The van der Waals surface area contributed by atoms with Crippen molar-refractivity contribution < 1.29 is 14.0 Å². The lowest BCUT2D eigenvalue weighted by Crippen LogP contribution is -2.35. The zero-order valence-corrected chi connectivity index (χ0v) is 16.5. The van der Waals surface area contributed by atoms with Gasteiger partial charge in [-0.25, -0.2) is 4.39 Å². The Morgan fingerprint density at radius 3 is 2.64 bits per heavy atom. The molecule has 1 atom stereocenters. The van der Waals surface area contributed by atoms with E-state index in [1.807, 2.05) is 18.2 Å². The molecule has 0 bridgehead atoms. The Bertz CT molecular complexity index is 964. The molecule has 0 fully saturated rings. The van der Waals surface area contributed by atoms with Gasteiger partial charge >= 0.3 is 0 Å². The molecule has 0 saturated carbocycles. The second-order valence-corrected chi connectivity index (χ2v) is 8.22. The number of halogens is 2. The topological polar surface area (TPSA) is 49.4 Å². The summed E-state index contributed by atoms with van der Waals surface area (Å²) in [7, 11) is 0. The van der Waals surface area contributed by atoms with Gasteiger partial charge in [-0.15, -0.1) is 0 Å². The molecule has 0 radical (unpaired) electrons. The molecule has 2 aromatic carbocycles. The standard InChI is InChI=1S/C21H18ClFN2O2S/c22-13-10-11-18(17(23)12-13)25-19(26)15-8-4-5-9-16(15)20(25)28-21(27)24-14-6-2-1-3-7-14/h1-3,6-7,10-12,20H,4-5,8-9H2,(H,24,27). The van der Waals surface area contributed by atoms with E-state index in [1.54, 1.807) is 18.2 Å². The Morgan fingerprint density at radius 1 is 1.14 bits per heavy atom. The smallest absolute Gasteiger partial charge is 0.285 e. The fraction of sp³-hybridized carbons (Fsp3) is 0.238. The van der Waals surface area contributed by atoms with Crippen molar-refractivity contribution in [2.24, 2.45) is 0 Å². The molecule has 1 unspecified atom stereocenters. The third-order valence-corrected chi connectivity index (χ3v) is 6.20. The highest BCUT2D eigenvalue weighted by Gasteiger charge is 2.43. The lowest BCUT2D eigenvalue weighted by molar-refractivity contribution is -0.114. The van der Waals surface area contributed by atoms with Gasteiger partial charge in [0.05, 0.1) is 5.69 Å². The number of amides is 2. The van der Waals surface area contributed by atoms with Gasteiger partial charge in [-0.05, 0) is 73.4 Å². The monoisotopic (exact) mass is 416 g/mol. The van der Waals surface area contributed by atoms with Gasteiger partial charge in [-0.3, -0.25) is 14.5 Å². The molecule has 1 aliphatic carbocycles. The maximum absolute atomic E-state index is 14.6. The average Bonchev–Trinajstić information content (AvgIpc) is 2.95. The molecule has 7 heteroatoms. The van der Waals surface area contributed by atoms with Crippen LogP contribution < -0.4 is 10.2 Å². The summed E-state index contributed by atoms with van der Waals surface area (Å²) in [5.74, 6) is -0.796. The van der Waals surface area contributed by atoms with E-state index in [0.29, 0.717) is 17.7 Å². The van der Waals surface area contributed by atoms with Crippen molar-refractivity contribution in [3.05, 3.63) is 70.5 Å². The Hall–Kier alpha value is -2.31. The number of benzene rings is 2. The Labute approximate surface area is 171 Å². The average molecular weight is 417 g/mol. The third-order valence-electron chi connectivity index (χ3n) is 4.93. The number of nitrogens with zero attached hydrogens (tertiary/aromatic N) is 1. The third kappa shape index (κ3) is 3.66. The molecule has 2 aliphatic rings. The van der Waals surface area contributed by atoms with E-state index in [9.17, 15) is 14.0 Å². The minimum Gasteiger partial charge on any atom is -0.317 e. The number of hydrogen-bond donors (Lipinski definition) is 1. The fourth-order valence-corrected chi connectivity index (χ4v) is 4.92. The quantitative estimate of drug-likeness (QED) is 0.668. The maximum Gasteiger partial charge on any atom is 0.285 e. The van der Waals surface area contributed by atoms with Crippen molar-refractivity contribution >= 4 is 45.9 Å². The van der Waals surface area contributed by atoms with E-state index in [1.165, 1.54) is 17.0 Å². The number of rotatable bonds is 3. The van der Waals surface area contributed by atoms with Crippen LogP contribution in [0, 0.1) is 5.82 Å². The number of para-hydroxylation sites is 1. The first-order chi connectivity index (χ1) is 13.5. The van der Waals surface area contributed by atoms with Crippen molar-refractivity contribution in [3.8, 4) is 0 Å². The molecule has 2 amide bonds. The minimum absolute atomic E-state index is 0.147. The summed E-state index contributed by atoms with van der Waals surface area (Å²) in [5.41, 5.74) is 2.46. The first-order valence-corrected chi connectivity index (χ1v) is 10.3. The van der Waals surface area contributed by atoms with Gasteiger partial charge in [0.25, 0.3) is 11.1 Å². The van der Waals surface area contributed by atoms with Gasteiger partial charge in [0.15, 0.2) is 0 Å². The molecule has 4 nitrogen and oxygen atoms in total. The largest absolute Gasteiger partial charge is 0.317 e. The summed E-state index contributed by atoms with van der Waals surface area (Å²) in [6, 6.07) is 13.3. The van der Waals surface area contributed by atoms with E-state index in [4.69, 9.17) is 11.6 Å². The Kier molecular flexibility index (Phi) is 5.42. The molecule has 0 spiro atoms. The van der Waals surface area contributed by atoms with Gasteiger partial charge in [0.1, 0.15) is 11.2 Å². The van der Waals surface area contributed by atoms with Crippen LogP contribution in [-0.4, -0.2) is 16.5 Å². The van der Waals surface area contributed by atoms with Crippen LogP contribution in [0.3, 0.4) is 0 Å². The first-order valence-electron chi connectivity index (χ1n) is 9.08. The normalized spacial score (nSPS) is 19.0. The van der Waals surface area contributed by atoms with E-state index < -0.39 is 11.2 Å². The lowest BCUT2D eigenvalue weighted by atomic mass is 9.94. The molecular formula is C21H18ClFN2O2S. The van der Waals surface area contributed by atoms with Crippen molar-refractivity contribution in [2.45, 2.75) is 31.1 Å². The molecule has 4 rings (SSSR count). The number of carbonyl (C=O) groups is 2. The fourth-order valence-electron chi connectivity index (χ4n) is 3.66. The van der Waals surface area contributed by atoms with Gasteiger partial charge in [0.2, 0.25) is 0 Å². The molecule has 0 aromatic heterocycles. The van der Waals surface area contributed by atoms with Crippen molar-refractivity contribution in [2.75, 3.05) is 10.2 Å². The number of anilines is 2. The second-order valence-electron chi connectivity index (χ2n) is 6.73. The predicted octanol–water partition coefficient (Wildman–Crippen LogP) is 5.99. The molecule has 2 aromatic rings. The van der Waals surface area contributed by atoms with Crippen molar-refractivity contribution in [3.63, 3.8) is 0 Å². The van der Waals surface area contributed by atoms with E-state index >= 15 is 0 Å². The highest BCUT2D eigenvalue weighted by molar-refractivity contribution is 8.14. The summed E-state index contributed by atoms with van der Waals surface area (Å²) in [4.78, 5) is 27.1. The van der Waals surface area contributed by atoms with Crippen molar-refractivity contribution in [1.29, 1.82) is 0 Å². The second kappa shape index (κ2) is 7.97. The molecular weight excluding hydrogens is 399 g/mol. The van der Waals surface area contributed by atoms with Crippen LogP contribution in [0.25, 0.3) is 0 Å². The number of thioether (sulfide) groups is 1. The summed E-state index contributed by atoms with van der Waals surface area (Å²) < 4.78 is 14.6. The van der Waals surface area contributed by atoms with Crippen LogP contribution in [0.2, 0.25) is 5.02 Å². The molecule has 1 N–H and O–H groups in total. The van der Waals surface area contributed by atoms with Crippen LogP contribution in [-0.2, 0) is 4.79 Å². The van der Waals surface area contributed by atoms with Gasteiger partial charge in [0, 0.05) is 16.3 Å². The van der Waals surface area contributed by atoms with Gasteiger partial charge in [-0.1, -0.05) is 29.8 Å². The number of nitrogens with one attached hydrogen (secondary N) is 1. The predicted molar refractivity (Wildman–Crippen MR) is 111 cm³/mol. The molecule has 28 heavy (non-hydrogen) atoms. The van der Waals surface area contributed by atoms with Crippen LogP contribution >= 0.6 is 23.4 Å². The molecule has 1 aliphatic heterocycles. The summed E-state index contributed by atoms with van der Waals surface area (Å²) in [6.07, 6.45) is 3.29. The van der Waals surface area contributed by atoms with Crippen LogP contribution in [0.4, 0.5) is 20.6 Å². The van der Waals surface area contributed by atoms with Crippen LogP contribution in [0.1, 0.15) is 25.7 Å². The van der Waals surface area contributed by atoms with E-state index in [-0.39, 0.29) is 21.9 Å². The Balaban J connectivity index is 1.65. The van der Waals surface area contributed by atoms with Crippen LogP contribution in [0.5, 0.6) is 0 Å². The van der Waals surface area contributed by atoms with Crippen LogP contribution in [0.15, 0.2) is 59.7 Å². The highest BCUT2D eigenvalue weighted by atomic mass is 35.5. The zero-order valence-electron chi connectivity index (χ0n) is 15.0. The lowest BCUT2D eigenvalue weighted by Gasteiger charge is -2.26.